The third kappa shape index (κ3) is 3.64. The lowest BCUT2D eigenvalue weighted by Crippen LogP contribution is -3.13. The number of aromatic nitrogens is 1. The molecule has 0 amide bonds. The van der Waals surface area contributed by atoms with Crippen molar-refractivity contribution >= 4 is 11.9 Å². The van der Waals surface area contributed by atoms with Crippen molar-refractivity contribution in [2.75, 3.05) is 13.2 Å². The first-order valence-electron chi connectivity index (χ1n) is 7.74. The number of carbonyl (C=O) groups excluding carboxylic acids is 2. The fourth-order valence-corrected chi connectivity index (χ4v) is 2.85. The number of allylic oxidation sites excluding steroid dienone is 2. The van der Waals surface area contributed by atoms with Crippen LogP contribution in [0.25, 0.3) is 0 Å². The second-order valence-electron chi connectivity index (χ2n) is 5.85. The van der Waals surface area contributed by atoms with E-state index in [4.69, 9.17) is 9.47 Å². The monoisotopic (exact) mass is 350 g/mol. The van der Waals surface area contributed by atoms with Crippen molar-refractivity contribution in [2.24, 2.45) is 0 Å². The van der Waals surface area contributed by atoms with Crippen molar-refractivity contribution < 1.29 is 39.3 Å². The summed E-state index contributed by atoms with van der Waals surface area (Å²) in [4.78, 5) is 26.0. The Bertz CT molecular complexity index is 697. The molecule has 5 atom stereocenters. The Labute approximate surface area is 142 Å². The molecule has 25 heavy (non-hydrogen) atoms. The van der Waals surface area contributed by atoms with Crippen LogP contribution in [-0.4, -0.2) is 64.8 Å². The van der Waals surface area contributed by atoms with Gasteiger partial charge < -0.3 is 34.6 Å². The maximum atomic E-state index is 11.8. The van der Waals surface area contributed by atoms with Crippen LogP contribution < -0.4 is 10.0 Å². The topological polar surface area (TPSA) is 136 Å². The zero-order chi connectivity index (χ0) is 18.0. The summed E-state index contributed by atoms with van der Waals surface area (Å²) in [6, 6.07) is 3.19. The lowest BCUT2D eigenvalue weighted by Gasteiger charge is -2.26. The quantitative estimate of drug-likeness (QED) is 0.409. The van der Waals surface area contributed by atoms with Crippen LogP contribution in [0.3, 0.4) is 0 Å². The second-order valence-corrected chi connectivity index (χ2v) is 5.85. The summed E-state index contributed by atoms with van der Waals surface area (Å²) in [5.41, 5.74) is 0.322. The minimum Gasteiger partial charge on any atom is -0.545 e. The highest BCUT2D eigenvalue weighted by Crippen LogP contribution is 2.19. The first kappa shape index (κ1) is 17.4. The van der Waals surface area contributed by atoms with Gasteiger partial charge in [-0.25, -0.2) is 4.79 Å². The molecular weight excluding hydrogens is 332 g/mol. The Kier molecular flexibility index (Phi) is 5.00. The van der Waals surface area contributed by atoms with Crippen molar-refractivity contribution in [3.63, 3.8) is 0 Å². The number of hydrogen-bond acceptors (Lipinski definition) is 7. The second kappa shape index (κ2) is 7.19. The molecule has 0 radical (unpaired) electrons. The summed E-state index contributed by atoms with van der Waals surface area (Å²) in [5, 5.41) is 31.3. The van der Waals surface area contributed by atoms with Gasteiger partial charge in [-0.05, 0) is 24.3 Å². The van der Waals surface area contributed by atoms with Gasteiger partial charge in [0.2, 0.25) is 6.23 Å². The molecule has 3 rings (SSSR count). The van der Waals surface area contributed by atoms with E-state index in [0.717, 1.165) is 0 Å². The Balaban J connectivity index is 1.59. The molecule has 1 saturated heterocycles. The molecule has 1 unspecified atom stereocenters. The van der Waals surface area contributed by atoms with E-state index in [1.165, 1.54) is 12.2 Å². The number of H-pyrrole nitrogens is 1. The molecule has 2 aliphatic rings. The van der Waals surface area contributed by atoms with Crippen molar-refractivity contribution in [1.82, 2.24) is 4.98 Å². The number of aliphatic carboxylic acids is 1. The van der Waals surface area contributed by atoms with Crippen molar-refractivity contribution in [2.45, 2.75) is 24.5 Å². The number of rotatable bonds is 5. The summed E-state index contributed by atoms with van der Waals surface area (Å²) in [5.74, 6) is -1.91. The molecule has 134 valence electrons. The Morgan fingerprint density at radius 2 is 2.20 bits per heavy atom. The van der Waals surface area contributed by atoms with Crippen LogP contribution in [0.1, 0.15) is 10.5 Å². The van der Waals surface area contributed by atoms with Gasteiger partial charge in [0.15, 0.2) is 6.10 Å². The van der Waals surface area contributed by atoms with Crippen molar-refractivity contribution in [3.05, 3.63) is 47.9 Å². The summed E-state index contributed by atoms with van der Waals surface area (Å²) < 4.78 is 10.7. The molecule has 1 aromatic heterocycles. The molecule has 0 aliphatic carbocycles. The zero-order valence-electron chi connectivity index (χ0n) is 13.1. The van der Waals surface area contributed by atoms with Gasteiger partial charge in [0, 0.05) is 11.8 Å². The van der Waals surface area contributed by atoms with Crippen LogP contribution in [-0.2, 0) is 14.3 Å². The first-order valence-corrected chi connectivity index (χ1v) is 7.74. The predicted octanol–water partition coefficient (Wildman–Crippen LogP) is -3.29. The van der Waals surface area contributed by atoms with Crippen molar-refractivity contribution in [1.29, 1.82) is 0 Å². The normalized spacial score (nSPS) is 31.6. The van der Waals surface area contributed by atoms with Crippen LogP contribution in [0.15, 0.2) is 42.3 Å². The summed E-state index contributed by atoms with van der Waals surface area (Å²) in [6.45, 7) is -0.199. The van der Waals surface area contributed by atoms with Gasteiger partial charge in [-0.15, -0.1) is 0 Å². The van der Waals surface area contributed by atoms with E-state index >= 15 is 0 Å². The molecule has 1 fully saturated rings. The van der Waals surface area contributed by atoms with Crippen LogP contribution in [0.2, 0.25) is 0 Å². The maximum absolute atomic E-state index is 11.8. The fraction of sp³-hybridized carbons (Fsp3) is 0.375. The van der Waals surface area contributed by atoms with E-state index in [0.29, 0.717) is 4.90 Å². The molecule has 3 heterocycles. The highest BCUT2D eigenvalue weighted by Gasteiger charge is 2.48. The number of carboxylic acids is 1. The number of aliphatic hydroxyl groups is 2. The lowest BCUT2D eigenvalue weighted by atomic mass is 10.1. The van der Waals surface area contributed by atoms with Crippen LogP contribution in [0.5, 0.6) is 0 Å². The predicted molar refractivity (Wildman–Crippen MR) is 79.8 cm³/mol. The number of carboxylic acid groups (broad SMARTS) is 1. The maximum Gasteiger partial charge on any atom is 0.354 e. The minimum absolute atomic E-state index is 0.0439. The van der Waals surface area contributed by atoms with Gasteiger partial charge in [0.05, 0.1) is 12.2 Å². The molecule has 1 aromatic rings. The van der Waals surface area contributed by atoms with E-state index in [-0.39, 0.29) is 24.4 Å². The number of esters is 1. The Morgan fingerprint density at radius 3 is 2.88 bits per heavy atom. The number of hydrogen-bond donors (Lipinski definition) is 4. The van der Waals surface area contributed by atoms with Gasteiger partial charge in [0.1, 0.15) is 31.1 Å². The molecule has 2 aliphatic heterocycles. The minimum atomic E-state index is -1.30. The SMILES string of the molecule is O=C([O-])C1=CC=C[NH+]([C@H]2O[C@H](COC(=O)c3ccc[nH]3)[C@@H](O)[C@H]2O)C1. The molecule has 0 bridgehead atoms. The largest absolute Gasteiger partial charge is 0.545 e. The molecule has 9 heteroatoms. The third-order valence-electron chi connectivity index (χ3n) is 4.19. The smallest absolute Gasteiger partial charge is 0.354 e. The average molecular weight is 350 g/mol. The number of quaternary nitrogens is 1. The highest BCUT2D eigenvalue weighted by molar-refractivity contribution is 5.87. The molecule has 0 saturated carbocycles. The van der Waals surface area contributed by atoms with Gasteiger partial charge >= 0.3 is 5.97 Å². The third-order valence-corrected chi connectivity index (χ3v) is 4.19. The van der Waals surface area contributed by atoms with Crippen LogP contribution >= 0.6 is 0 Å². The van der Waals surface area contributed by atoms with E-state index in [1.54, 1.807) is 24.5 Å². The summed E-state index contributed by atoms with van der Waals surface area (Å²) in [6.07, 6.45) is 1.80. The number of aromatic amines is 1. The van der Waals surface area contributed by atoms with Gasteiger partial charge in [-0.1, -0.05) is 0 Å². The average Bonchev–Trinajstić information content (AvgIpc) is 3.23. The number of nitrogens with one attached hydrogen (secondary N) is 2. The van der Waals surface area contributed by atoms with Crippen LogP contribution in [0.4, 0.5) is 0 Å². The first-order chi connectivity index (χ1) is 12.0. The fourth-order valence-electron chi connectivity index (χ4n) is 2.85. The van der Waals surface area contributed by atoms with Crippen LogP contribution in [0, 0.1) is 0 Å². The standard InChI is InChI=1S/C16H18N2O7/c19-12-11(8-24-16(23)10-4-1-5-17-10)25-14(13(12)20)18-6-2-3-9(7-18)15(21)22/h1-6,11-14,17,19-20H,7-8H2,(H,21,22)/t11-,12-,13-,14+/m1/s1. The number of carbonyl (C=O) groups is 2. The van der Waals surface area contributed by atoms with E-state index in [9.17, 15) is 24.9 Å². The molecule has 0 spiro atoms. The zero-order valence-corrected chi connectivity index (χ0v) is 13.1. The molecule has 0 aromatic carbocycles. The molecule has 4 N–H and O–H groups in total. The van der Waals surface area contributed by atoms with E-state index in [2.05, 4.69) is 4.98 Å². The molecular formula is C16H18N2O7. The van der Waals surface area contributed by atoms with Gasteiger partial charge in [0.25, 0.3) is 0 Å². The van der Waals surface area contributed by atoms with Gasteiger partial charge in [-0.2, -0.15) is 0 Å². The van der Waals surface area contributed by atoms with E-state index in [1.807, 2.05) is 0 Å². The number of ether oxygens (including phenoxy) is 2. The Hall–Kier alpha value is -2.46. The Morgan fingerprint density at radius 1 is 1.40 bits per heavy atom. The highest BCUT2D eigenvalue weighted by atomic mass is 16.6. The van der Waals surface area contributed by atoms with Crippen molar-refractivity contribution in [3.8, 4) is 0 Å². The summed E-state index contributed by atoms with van der Waals surface area (Å²) >= 11 is 0. The van der Waals surface area contributed by atoms with E-state index < -0.39 is 36.5 Å². The summed E-state index contributed by atoms with van der Waals surface area (Å²) in [7, 11) is 0. The molecule has 9 nitrogen and oxygen atoms in total. The number of aliphatic hydroxyl groups excluding tert-OH is 2. The lowest BCUT2D eigenvalue weighted by molar-refractivity contribution is -0.898. The van der Waals surface area contributed by atoms with Gasteiger partial charge in [-0.3, -0.25) is 4.90 Å².